The molecule has 0 amide bonds. The zero-order valence-electron chi connectivity index (χ0n) is 14.5. The average molecular weight is 358 g/mol. The van der Waals surface area contributed by atoms with Crippen molar-refractivity contribution in [2.75, 3.05) is 6.61 Å². The number of allylic oxidation sites excluding steroid dienone is 2. The van der Waals surface area contributed by atoms with E-state index in [2.05, 4.69) is 29.2 Å². The van der Waals surface area contributed by atoms with Gasteiger partial charge in [-0.25, -0.2) is 4.79 Å². The first-order valence-electron chi connectivity index (χ1n) is 8.46. The second kappa shape index (κ2) is 8.34. The summed E-state index contributed by atoms with van der Waals surface area (Å²) in [4.78, 5) is 17.6. The predicted molar refractivity (Wildman–Crippen MR) is 96.3 cm³/mol. The number of carbonyl (C=O) groups is 1. The van der Waals surface area contributed by atoms with E-state index in [1.807, 2.05) is 18.2 Å². The fraction of sp³-hybridized carbons (Fsp3) is 0.421. The first-order chi connectivity index (χ1) is 12.1. The van der Waals surface area contributed by atoms with Gasteiger partial charge in [-0.15, -0.1) is 11.8 Å². The van der Waals surface area contributed by atoms with Crippen molar-refractivity contribution in [3.8, 4) is 0 Å². The van der Waals surface area contributed by atoms with Gasteiger partial charge in [0.05, 0.1) is 17.9 Å². The molecular formula is C19H22N2O3S. The summed E-state index contributed by atoms with van der Waals surface area (Å²) in [6.07, 6.45) is 6.41. The molecule has 5 nitrogen and oxygen atoms in total. The number of aryl methyl sites for hydroxylation is 1. The Hall–Kier alpha value is -2.08. The van der Waals surface area contributed by atoms with Gasteiger partial charge < -0.3 is 9.26 Å². The Kier molecular flexibility index (Phi) is 5.91. The molecule has 1 aliphatic carbocycles. The molecule has 1 aromatic carbocycles. The number of thioether (sulfide) groups is 1. The van der Waals surface area contributed by atoms with Crippen LogP contribution < -0.4 is 0 Å². The molecule has 0 spiro atoms. The summed E-state index contributed by atoms with van der Waals surface area (Å²) in [5.41, 5.74) is 0.586. The van der Waals surface area contributed by atoms with Crippen molar-refractivity contribution in [2.24, 2.45) is 11.8 Å². The van der Waals surface area contributed by atoms with Crippen molar-refractivity contribution in [1.82, 2.24) is 10.1 Å². The van der Waals surface area contributed by atoms with Crippen LogP contribution in [0.1, 0.15) is 41.8 Å². The van der Waals surface area contributed by atoms with Gasteiger partial charge in [-0.3, -0.25) is 0 Å². The molecule has 2 aromatic rings. The normalized spacial score (nSPS) is 19.8. The lowest BCUT2D eigenvalue weighted by atomic mass is 9.85. The van der Waals surface area contributed by atoms with Crippen LogP contribution in [0.15, 0.2) is 45.8 Å². The van der Waals surface area contributed by atoms with Gasteiger partial charge in [0.2, 0.25) is 5.89 Å². The number of esters is 1. The van der Waals surface area contributed by atoms with Crippen LogP contribution in [0.4, 0.5) is 0 Å². The predicted octanol–water partition coefficient (Wildman–Crippen LogP) is 4.43. The quantitative estimate of drug-likeness (QED) is 0.432. The number of rotatable bonds is 6. The van der Waals surface area contributed by atoms with Gasteiger partial charge in [-0.1, -0.05) is 36.4 Å². The van der Waals surface area contributed by atoms with Gasteiger partial charge in [0.15, 0.2) is 5.82 Å². The van der Waals surface area contributed by atoms with E-state index >= 15 is 0 Å². The van der Waals surface area contributed by atoms with Crippen LogP contribution in [0.2, 0.25) is 0 Å². The third-order valence-electron chi connectivity index (χ3n) is 4.37. The van der Waals surface area contributed by atoms with E-state index in [9.17, 15) is 4.79 Å². The highest BCUT2D eigenvalue weighted by Gasteiger charge is 2.21. The molecule has 132 valence electrons. The van der Waals surface area contributed by atoms with E-state index in [4.69, 9.17) is 9.26 Å². The van der Waals surface area contributed by atoms with Gasteiger partial charge in [0, 0.05) is 4.90 Å². The molecule has 1 aromatic heterocycles. The Balaban J connectivity index is 1.61. The maximum absolute atomic E-state index is 12.5. The third-order valence-corrected chi connectivity index (χ3v) is 5.43. The number of nitrogens with zero attached hydrogens (tertiary/aromatic N) is 2. The monoisotopic (exact) mass is 358 g/mol. The van der Waals surface area contributed by atoms with Crippen LogP contribution in [0.3, 0.4) is 0 Å². The summed E-state index contributed by atoms with van der Waals surface area (Å²) >= 11 is 1.50. The average Bonchev–Trinajstić information content (AvgIpc) is 3.04. The van der Waals surface area contributed by atoms with Crippen molar-refractivity contribution < 1.29 is 14.1 Å². The van der Waals surface area contributed by atoms with E-state index in [0.29, 0.717) is 41.5 Å². The molecule has 0 N–H and O–H groups in total. The zero-order chi connectivity index (χ0) is 17.6. The summed E-state index contributed by atoms with van der Waals surface area (Å²) < 4.78 is 10.7. The lowest BCUT2D eigenvalue weighted by molar-refractivity contribution is 0.0391. The van der Waals surface area contributed by atoms with Gasteiger partial charge in [-0.2, -0.15) is 4.98 Å². The highest BCUT2D eigenvalue weighted by atomic mass is 32.2. The molecule has 0 bridgehead atoms. The largest absolute Gasteiger partial charge is 0.462 e. The molecule has 0 aliphatic heterocycles. The third kappa shape index (κ3) is 4.72. The van der Waals surface area contributed by atoms with Crippen LogP contribution in [-0.2, 0) is 10.5 Å². The lowest BCUT2D eigenvalue weighted by Crippen LogP contribution is -2.21. The second-order valence-electron chi connectivity index (χ2n) is 6.30. The first-order valence-corrected chi connectivity index (χ1v) is 9.45. The SMILES string of the molecule is Cc1noc(CSc2ccccc2C(=O)OCC2CC=CCC2C)n1. The van der Waals surface area contributed by atoms with Crippen LogP contribution in [0, 0.1) is 18.8 Å². The van der Waals surface area contributed by atoms with Crippen molar-refractivity contribution in [2.45, 2.75) is 37.3 Å². The Labute approximate surface area is 151 Å². The molecule has 0 fully saturated rings. The number of hydrogen-bond donors (Lipinski definition) is 0. The molecular weight excluding hydrogens is 336 g/mol. The molecule has 2 unspecified atom stereocenters. The van der Waals surface area contributed by atoms with E-state index in [0.717, 1.165) is 17.7 Å². The summed E-state index contributed by atoms with van der Waals surface area (Å²) in [5, 5.41) is 3.78. The molecule has 1 aliphatic rings. The van der Waals surface area contributed by atoms with Crippen LogP contribution >= 0.6 is 11.8 Å². The number of hydrogen-bond acceptors (Lipinski definition) is 6. The fourth-order valence-corrected chi connectivity index (χ4v) is 3.68. The molecule has 0 radical (unpaired) electrons. The molecule has 3 rings (SSSR count). The van der Waals surface area contributed by atoms with E-state index < -0.39 is 0 Å². The number of aromatic nitrogens is 2. The Morgan fingerprint density at radius 3 is 2.88 bits per heavy atom. The number of ether oxygens (including phenoxy) is 1. The summed E-state index contributed by atoms with van der Waals surface area (Å²) in [6.45, 7) is 4.45. The van der Waals surface area contributed by atoms with Gasteiger partial charge >= 0.3 is 5.97 Å². The summed E-state index contributed by atoms with van der Waals surface area (Å²) in [7, 11) is 0. The standard InChI is InChI=1S/C19H22N2O3S/c1-13-7-3-4-8-15(13)11-23-19(22)16-9-5-6-10-17(16)25-12-18-20-14(2)21-24-18/h3-6,9-10,13,15H,7-8,11-12H2,1-2H3. The van der Waals surface area contributed by atoms with Crippen molar-refractivity contribution in [3.05, 3.63) is 53.7 Å². The summed E-state index contributed by atoms with van der Waals surface area (Å²) in [6, 6.07) is 7.47. The van der Waals surface area contributed by atoms with Crippen LogP contribution in [0.25, 0.3) is 0 Å². The molecule has 25 heavy (non-hydrogen) atoms. The number of benzene rings is 1. The Morgan fingerprint density at radius 1 is 1.32 bits per heavy atom. The molecule has 6 heteroatoms. The topological polar surface area (TPSA) is 65.2 Å². The van der Waals surface area contributed by atoms with Gasteiger partial charge in [-0.05, 0) is 43.7 Å². The van der Waals surface area contributed by atoms with Crippen molar-refractivity contribution >= 4 is 17.7 Å². The Bertz CT molecular complexity index is 757. The van der Waals surface area contributed by atoms with E-state index in [1.54, 1.807) is 13.0 Å². The number of carbonyl (C=O) groups excluding carboxylic acids is 1. The zero-order valence-corrected chi connectivity index (χ0v) is 15.3. The minimum atomic E-state index is -0.272. The van der Waals surface area contributed by atoms with Gasteiger partial charge in [0.1, 0.15) is 0 Å². The second-order valence-corrected chi connectivity index (χ2v) is 7.32. The van der Waals surface area contributed by atoms with Crippen LogP contribution in [-0.4, -0.2) is 22.7 Å². The summed E-state index contributed by atoms with van der Waals surface area (Å²) in [5.74, 6) is 2.35. The maximum atomic E-state index is 12.5. The lowest BCUT2D eigenvalue weighted by Gasteiger charge is -2.24. The first kappa shape index (κ1) is 17.7. The Morgan fingerprint density at radius 2 is 2.12 bits per heavy atom. The molecule has 1 heterocycles. The molecule has 0 saturated carbocycles. The smallest absolute Gasteiger partial charge is 0.339 e. The van der Waals surface area contributed by atoms with Crippen molar-refractivity contribution in [1.29, 1.82) is 0 Å². The molecule has 0 saturated heterocycles. The minimum Gasteiger partial charge on any atom is -0.462 e. The van der Waals surface area contributed by atoms with E-state index in [1.165, 1.54) is 11.8 Å². The highest BCUT2D eigenvalue weighted by Crippen LogP contribution is 2.28. The maximum Gasteiger partial charge on any atom is 0.339 e. The molecule has 2 atom stereocenters. The minimum absolute atomic E-state index is 0.272. The highest BCUT2D eigenvalue weighted by molar-refractivity contribution is 7.98. The fourth-order valence-electron chi connectivity index (χ4n) is 2.80. The van der Waals surface area contributed by atoms with Crippen molar-refractivity contribution in [3.63, 3.8) is 0 Å². The van der Waals surface area contributed by atoms with E-state index in [-0.39, 0.29) is 5.97 Å². The van der Waals surface area contributed by atoms with Crippen LogP contribution in [0.5, 0.6) is 0 Å². The van der Waals surface area contributed by atoms with Gasteiger partial charge in [0.25, 0.3) is 0 Å².